The number of rotatable bonds is 4. The molecule has 1 aliphatic heterocycles. The van der Waals surface area contributed by atoms with Gasteiger partial charge >= 0.3 is 5.97 Å². The van der Waals surface area contributed by atoms with Gasteiger partial charge in [0.25, 0.3) is 0 Å². The highest BCUT2D eigenvalue weighted by Gasteiger charge is 2.28. The largest absolute Gasteiger partial charge is 0.481 e. The van der Waals surface area contributed by atoms with Crippen molar-refractivity contribution >= 4 is 17.8 Å². The molecule has 1 heterocycles. The van der Waals surface area contributed by atoms with Crippen molar-refractivity contribution in [1.29, 1.82) is 0 Å². The molecular weight excluding hydrogens is 224 g/mol. The van der Waals surface area contributed by atoms with Gasteiger partial charge in [0, 0.05) is 26.6 Å². The number of nitrogens with one attached hydrogen (secondary N) is 1. The molecule has 6 nitrogen and oxygen atoms in total. The minimum absolute atomic E-state index is 0.0318. The smallest absolute Gasteiger partial charge is 0.308 e. The number of nitrogens with zero attached hydrogens (tertiary/aromatic N) is 1. The Labute approximate surface area is 100.0 Å². The van der Waals surface area contributed by atoms with Crippen molar-refractivity contribution in [3.05, 3.63) is 0 Å². The van der Waals surface area contributed by atoms with Crippen LogP contribution in [0.5, 0.6) is 0 Å². The van der Waals surface area contributed by atoms with E-state index in [4.69, 9.17) is 5.11 Å². The van der Waals surface area contributed by atoms with E-state index in [2.05, 4.69) is 5.32 Å². The molecule has 0 aromatic carbocycles. The zero-order chi connectivity index (χ0) is 13.0. The van der Waals surface area contributed by atoms with Crippen LogP contribution in [0.15, 0.2) is 0 Å². The fourth-order valence-electron chi connectivity index (χ4n) is 1.83. The monoisotopic (exact) mass is 242 g/mol. The van der Waals surface area contributed by atoms with Gasteiger partial charge in [0.2, 0.25) is 11.8 Å². The molecule has 1 aliphatic rings. The maximum Gasteiger partial charge on any atom is 0.308 e. The molecule has 6 heteroatoms. The van der Waals surface area contributed by atoms with E-state index in [1.54, 1.807) is 14.0 Å². The second kappa shape index (κ2) is 5.65. The van der Waals surface area contributed by atoms with Gasteiger partial charge in [0.1, 0.15) is 0 Å². The minimum atomic E-state index is -0.915. The molecule has 2 unspecified atom stereocenters. The van der Waals surface area contributed by atoms with Crippen molar-refractivity contribution in [1.82, 2.24) is 10.2 Å². The van der Waals surface area contributed by atoms with E-state index in [1.165, 1.54) is 4.90 Å². The van der Waals surface area contributed by atoms with Crippen molar-refractivity contribution in [2.45, 2.75) is 19.8 Å². The Kier molecular flexibility index (Phi) is 4.48. The van der Waals surface area contributed by atoms with Crippen LogP contribution in [-0.4, -0.2) is 47.9 Å². The van der Waals surface area contributed by atoms with Crippen molar-refractivity contribution in [3.63, 3.8) is 0 Å². The number of hydrogen-bond donors (Lipinski definition) is 2. The molecule has 2 amide bonds. The molecule has 2 atom stereocenters. The fraction of sp³-hybridized carbons (Fsp3) is 0.727. The lowest BCUT2D eigenvalue weighted by Gasteiger charge is -2.27. The first-order valence-corrected chi connectivity index (χ1v) is 5.66. The van der Waals surface area contributed by atoms with Crippen LogP contribution in [0.3, 0.4) is 0 Å². The Bertz CT molecular complexity index is 319. The molecule has 17 heavy (non-hydrogen) atoms. The first-order chi connectivity index (χ1) is 7.91. The second-order valence-corrected chi connectivity index (χ2v) is 4.50. The number of carbonyl (C=O) groups is 3. The van der Waals surface area contributed by atoms with E-state index in [1.807, 2.05) is 0 Å². The predicted molar refractivity (Wildman–Crippen MR) is 60.2 cm³/mol. The Morgan fingerprint density at radius 3 is 2.71 bits per heavy atom. The zero-order valence-electron chi connectivity index (χ0n) is 10.1. The topological polar surface area (TPSA) is 86.7 Å². The van der Waals surface area contributed by atoms with E-state index < -0.39 is 11.9 Å². The van der Waals surface area contributed by atoms with Crippen LogP contribution < -0.4 is 5.32 Å². The van der Waals surface area contributed by atoms with Gasteiger partial charge in [0.15, 0.2) is 0 Å². The quantitative estimate of drug-likeness (QED) is 0.708. The van der Waals surface area contributed by atoms with Gasteiger partial charge in [-0.05, 0) is 6.42 Å². The predicted octanol–water partition coefficient (Wildman–Crippen LogP) is -0.308. The summed E-state index contributed by atoms with van der Waals surface area (Å²) in [5.41, 5.74) is 0. The van der Waals surface area contributed by atoms with E-state index in [-0.39, 0.29) is 24.3 Å². The lowest BCUT2D eigenvalue weighted by atomic mass is 9.97. The van der Waals surface area contributed by atoms with Crippen LogP contribution >= 0.6 is 0 Å². The first-order valence-electron chi connectivity index (χ1n) is 5.66. The lowest BCUT2D eigenvalue weighted by Crippen LogP contribution is -2.45. The average molecular weight is 242 g/mol. The van der Waals surface area contributed by atoms with Gasteiger partial charge in [-0.1, -0.05) is 6.92 Å². The van der Waals surface area contributed by atoms with Crippen LogP contribution in [0, 0.1) is 11.8 Å². The number of aliphatic carboxylic acids is 1. The number of carbonyl (C=O) groups excluding carboxylic acids is 2. The molecule has 2 N–H and O–H groups in total. The van der Waals surface area contributed by atoms with E-state index in [0.29, 0.717) is 19.4 Å². The molecule has 0 aliphatic carbocycles. The van der Waals surface area contributed by atoms with E-state index >= 15 is 0 Å². The Morgan fingerprint density at radius 2 is 2.24 bits per heavy atom. The third-order valence-corrected chi connectivity index (χ3v) is 2.96. The van der Waals surface area contributed by atoms with Crippen LogP contribution in [0.1, 0.15) is 19.8 Å². The highest BCUT2D eigenvalue weighted by atomic mass is 16.4. The summed E-state index contributed by atoms with van der Waals surface area (Å²) in [6, 6.07) is 0. The number of carboxylic acids is 1. The maximum atomic E-state index is 11.9. The zero-order valence-corrected chi connectivity index (χ0v) is 10.1. The SMILES string of the molecule is CC(CN(C)C(=O)C1CCC(=O)NC1)C(=O)O. The van der Waals surface area contributed by atoms with Crippen molar-refractivity contribution < 1.29 is 19.5 Å². The fourth-order valence-corrected chi connectivity index (χ4v) is 1.83. The van der Waals surface area contributed by atoms with Gasteiger partial charge in [-0.15, -0.1) is 0 Å². The third kappa shape index (κ3) is 3.72. The minimum Gasteiger partial charge on any atom is -0.481 e. The number of amides is 2. The summed E-state index contributed by atoms with van der Waals surface area (Å²) in [7, 11) is 1.60. The normalized spacial score (nSPS) is 21.5. The molecule has 0 saturated carbocycles. The summed E-state index contributed by atoms with van der Waals surface area (Å²) in [6.45, 7) is 2.11. The van der Waals surface area contributed by atoms with Gasteiger partial charge < -0.3 is 15.3 Å². The Balaban J connectivity index is 2.46. The van der Waals surface area contributed by atoms with Gasteiger partial charge in [-0.3, -0.25) is 14.4 Å². The van der Waals surface area contributed by atoms with Crippen LogP contribution in [-0.2, 0) is 14.4 Å². The summed E-state index contributed by atoms with van der Waals surface area (Å²) < 4.78 is 0. The lowest BCUT2D eigenvalue weighted by molar-refractivity contribution is -0.143. The van der Waals surface area contributed by atoms with Gasteiger partial charge in [0.05, 0.1) is 11.8 Å². The number of piperidine rings is 1. The molecule has 1 rings (SSSR count). The molecule has 96 valence electrons. The van der Waals surface area contributed by atoms with Gasteiger partial charge in [-0.25, -0.2) is 0 Å². The number of hydrogen-bond acceptors (Lipinski definition) is 3. The summed E-state index contributed by atoms with van der Waals surface area (Å²) >= 11 is 0. The van der Waals surface area contributed by atoms with E-state index in [0.717, 1.165) is 0 Å². The maximum absolute atomic E-state index is 11.9. The first kappa shape index (κ1) is 13.5. The number of carboxylic acid groups (broad SMARTS) is 1. The highest BCUT2D eigenvalue weighted by molar-refractivity contribution is 5.84. The summed E-state index contributed by atoms with van der Waals surface area (Å²) in [5, 5.41) is 11.4. The van der Waals surface area contributed by atoms with Crippen LogP contribution in [0.2, 0.25) is 0 Å². The summed E-state index contributed by atoms with van der Waals surface area (Å²) in [5.74, 6) is -1.85. The molecule has 0 spiro atoms. The highest BCUT2D eigenvalue weighted by Crippen LogP contribution is 2.14. The van der Waals surface area contributed by atoms with Crippen LogP contribution in [0.4, 0.5) is 0 Å². The molecule has 1 saturated heterocycles. The Morgan fingerprint density at radius 1 is 1.59 bits per heavy atom. The molecule has 1 fully saturated rings. The third-order valence-electron chi connectivity index (χ3n) is 2.96. The standard InChI is InChI=1S/C11H18N2O4/c1-7(11(16)17)6-13(2)10(15)8-3-4-9(14)12-5-8/h7-8H,3-6H2,1-2H3,(H,12,14)(H,16,17). The molecule has 0 aromatic rings. The van der Waals surface area contributed by atoms with Crippen molar-refractivity contribution in [2.75, 3.05) is 20.1 Å². The molecule has 0 radical (unpaired) electrons. The van der Waals surface area contributed by atoms with Crippen molar-refractivity contribution in [2.24, 2.45) is 11.8 Å². The van der Waals surface area contributed by atoms with Crippen molar-refractivity contribution in [3.8, 4) is 0 Å². The summed E-state index contributed by atoms with van der Waals surface area (Å²) in [6.07, 6.45) is 0.898. The average Bonchev–Trinajstić information content (AvgIpc) is 2.28. The summed E-state index contributed by atoms with van der Waals surface area (Å²) in [4.78, 5) is 35.0. The second-order valence-electron chi connectivity index (χ2n) is 4.50. The molecule has 0 aromatic heterocycles. The van der Waals surface area contributed by atoms with Crippen LogP contribution in [0.25, 0.3) is 0 Å². The molecule has 0 bridgehead atoms. The van der Waals surface area contributed by atoms with Gasteiger partial charge in [-0.2, -0.15) is 0 Å². The Hall–Kier alpha value is -1.59. The molecular formula is C11H18N2O4. The van der Waals surface area contributed by atoms with E-state index in [9.17, 15) is 14.4 Å².